The van der Waals surface area contributed by atoms with E-state index in [2.05, 4.69) is 102 Å². The number of fused-ring (bicyclic) bond motifs is 1. The van der Waals surface area contributed by atoms with Crippen molar-refractivity contribution >= 4 is 28.1 Å². The average Bonchev–Trinajstić information content (AvgIpc) is 3.20. The molecule has 0 atom stereocenters. The van der Waals surface area contributed by atoms with E-state index < -0.39 is 0 Å². The third-order valence-electron chi connectivity index (χ3n) is 6.49. The molecule has 0 radical (unpaired) electrons. The van der Waals surface area contributed by atoms with Crippen LogP contribution >= 0.6 is 0 Å². The lowest BCUT2D eigenvalue weighted by Gasteiger charge is -2.27. The number of hydrogen-bond donors (Lipinski definition) is 1. The maximum atomic E-state index is 5.81. The Morgan fingerprint density at radius 1 is 1.14 bits per heavy atom. The van der Waals surface area contributed by atoms with E-state index in [0.29, 0.717) is 0 Å². The van der Waals surface area contributed by atoms with Crippen molar-refractivity contribution in [2.24, 2.45) is 7.05 Å². The van der Waals surface area contributed by atoms with Gasteiger partial charge in [-0.2, -0.15) is 0 Å². The molecule has 2 aromatic carbocycles. The normalized spacial score (nSPS) is 11.0. The Morgan fingerprint density at radius 3 is 2.69 bits per heavy atom. The number of methoxy groups -OCH3 is 1. The van der Waals surface area contributed by atoms with Crippen molar-refractivity contribution in [2.45, 2.75) is 40.0 Å². The Balaban J connectivity index is 1.62. The summed E-state index contributed by atoms with van der Waals surface area (Å²) >= 11 is 0. The molecule has 0 aliphatic heterocycles. The highest BCUT2D eigenvalue weighted by Crippen LogP contribution is 2.36. The molecule has 0 fully saturated rings. The SMILES string of the molecule is C=C(C)CCCN(CCC)c1cc(OC)c(Nc2cc(-c3cn(C)c4ccccc34)ncn2)cc1C. The number of anilines is 3. The van der Waals surface area contributed by atoms with E-state index in [1.807, 2.05) is 6.07 Å². The number of para-hydroxylation sites is 1. The molecule has 0 spiro atoms. The monoisotopic (exact) mass is 483 g/mol. The zero-order valence-corrected chi connectivity index (χ0v) is 22.1. The third kappa shape index (κ3) is 5.54. The molecule has 0 amide bonds. The first-order valence-electron chi connectivity index (χ1n) is 12.6. The predicted octanol–water partition coefficient (Wildman–Crippen LogP) is 7.27. The topological polar surface area (TPSA) is 55.2 Å². The molecule has 0 aliphatic rings. The van der Waals surface area contributed by atoms with Crippen LogP contribution in [0.15, 0.2) is 67.1 Å². The van der Waals surface area contributed by atoms with Gasteiger partial charge in [-0.05, 0) is 50.8 Å². The van der Waals surface area contributed by atoms with Gasteiger partial charge in [0.15, 0.2) is 0 Å². The van der Waals surface area contributed by atoms with Crippen LogP contribution in [0.3, 0.4) is 0 Å². The second-order valence-electron chi connectivity index (χ2n) is 9.47. The highest BCUT2D eigenvalue weighted by molar-refractivity contribution is 5.95. The molecule has 36 heavy (non-hydrogen) atoms. The first-order chi connectivity index (χ1) is 17.4. The van der Waals surface area contributed by atoms with Gasteiger partial charge in [0.2, 0.25) is 0 Å². The van der Waals surface area contributed by atoms with Crippen molar-refractivity contribution in [2.75, 3.05) is 30.4 Å². The second-order valence-corrected chi connectivity index (χ2v) is 9.47. The summed E-state index contributed by atoms with van der Waals surface area (Å²) < 4.78 is 7.94. The van der Waals surface area contributed by atoms with E-state index in [4.69, 9.17) is 4.74 Å². The van der Waals surface area contributed by atoms with Crippen LogP contribution in [0.25, 0.3) is 22.2 Å². The summed E-state index contributed by atoms with van der Waals surface area (Å²) in [5, 5.41) is 4.64. The van der Waals surface area contributed by atoms with Crippen LogP contribution in [-0.4, -0.2) is 34.7 Å². The number of hydrogen-bond acceptors (Lipinski definition) is 5. The predicted molar refractivity (Wildman–Crippen MR) is 152 cm³/mol. The van der Waals surface area contributed by atoms with Gasteiger partial charge in [-0.15, -0.1) is 6.58 Å². The zero-order chi connectivity index (χ0) is 25.7. The fraction of sp³-hybridized carbons (Fsp3) is 0.333. The van der Waals surface area contributed by atoms with Crippen LogP contribution < -0.4 is 15.0 Å². The third-order valence-corrected chi connectivity index (χ3v) is 6.49. The average molecular weight is 484 g/mol. The molecular weight excluding hydrogens is 446 g/mol. The van der Waals surface area contributed by atoms with Crippen LogP contribution in [0.4, 0.5) is 17.2 Å². The van der Waals surface area contributed by atoms with Crippen LogP contribution in [0.2, 0.25) is 0 Å². The zero-order valence-electron chi connectivity index (χ0n) is 22.1. The summed E-state index contributed by atoms with van der Waals surface area (Å²) in [6.45, 7) is 12.5. The second kappa shape index (κ2) is 11.3. The van der Waals surface area contributed by atoms with E-state index in [9.17, 15) is 0 Å². The Hall–Kier alpha value is -3.80. The van der Waals surface area contributed by atoms with Crippen molar-refractivity contribution in [3.05, 3.63) is 72.7 Å². The maximum absolute atomic E-state index is 5.81. The van der Waals surface area contributed by atoms with E-state index in [1.54, 1.807) is 13.4 Å². The molecule has 0 saturated heterocycles. The summed E-state index contributed by atoms with van der Waals surface area (Å²) in [4.78, 5) is 11.5. The number of aryl methyl sites for hydroxylation is 2. The molecule has 6 heteroatoms. The van der Waals surface area contributed by atoms with Gasteiger partial charge in [0.1, 0.15) is 17.9 Å². The minimum atomic E-state index is 0.727. The molecule has 0 bridgehead atoms. The van der Waals surface area contributed by atoms with Crippen molar-refractivity contribution in [3.8, 4) is 17.0 Å². The summed E-state index contributed by atoms with van der Waals surface area (Å²) in [5.74, 6) is 1.52. The quantitative estimate of drug-likeness (QED) is 0.227. The van der Waals surface area contributed by atoms with Crippen molar-refractivity contribution in [1.29, 1.82) is 0 Å². The molecule has 2 heterocycles. The number of aromatic nitrogens is 3. The van der Waals surface area contributed by atoms with Gasteiger partial charge in [0.05, 0.1) is 18.5 Å². The Morgan fingerprint density at radius 2 is 1.94 bits per heavy atom. The number of nitrogens with zero attached hydrogens (tertiary/aromatic N) is 4. The van der Waals surface area contributed by atoms with Crippen molar-refractivity contribution < 1.29 is 4.74 Å². The maximum Gasteiger partial charge on any atom is 0.144 e. The minimum absolute atomic E-state index is 0.727. The Bertz CT molecular complexity index is 1360. The molecule has 2 aromatic heterocycles. The molecule has 188 valence electrons. The first kappa shape index (κ1) is 25.3. The lowest BCUT2D eigenvalue weighted by atomic mass is 10.1. The summed E-state index contributed by atoms with van der Waals surface area (Å²) in [5.41, 5.74) is 7.66. The smallest absolute Gasteiger partial charge is 0.144 e. The Labute approximate surface area is 214 Å². The van der Waals surface area contributed by atoms with Crippen LogP contribution in [-0.2, 0) is 7.05 Å². The molecule has 1 N–H and O–H groups in total. The van der Waals surface area contributed by atoms with Gasteiger partial charge < -0.3 is 19.5 Å². The molecule has 0 saturated carbocycles. The summed E-state index contributed by atoms with van der Waals surface area (Å²) in [6, 6.07) is 14.6. The van der Waals surface area contributed by atoms with E-state index in [0.717, 1.165) is 60.9 Å². The highest BCUT2D eigenvalue weighted by Gasteiger charge is 2.15. The number of rotatable bonds is 11. The van der Waals surface area contributed by atoms with E-state index in [-0.39, 0.29) is 0 Å². The lowest BCUT2D eigenvalue weighted by molar-refractivity contribution is 0.416. The molecule has 0 unspecified atom stereocenters. The number of ether oxygens (including phenoxy) is 1. The van der Waals surface area contributed by atoms with E-state index >= 15 is 0 Å². The molecule has 4 aromatic rings. The van der Waals surface area contributed by atoms with Crippen molar-refractivity contribution in [1.82, 2.24) is 14.5 Å². The first-order valence-corrected chi connectivity index (χ1v) is 12.6. The molecule has 4 rings (SSSR count). The minimum Gasteiger partial charge on any atom is -0.494 e. The number of benzene rings is 2. The summed E-state index contributed by atoms with van der Waals surface area (Å²) in [7, 11) is 3.77. The fourth-order valence-electron chi connectivity index (χ4n) is 4.74. The molecule has 0 aliphatic carbocycles. The van der Waals surface area contributed by atoms with Crippen LogP contribution in [0.5, 0.6) is 5.75 Å². The molecule has 6 nitrogen and oxygen atoms in total. The largest absolute Gasteiger partial charge is 0.494 e. The number of nitrogens with one attached hydrogen (secondary N) is 1. The molecular formula is C30H37N5O. The Kier molecular flexibility index (Phi) is 7.93. The number of allylic oxidation sites excluding steroid dienone is 1. The van der Waals surface area contributed by atoms with Crippen molar-refractivity contribution in [3.63, 3.8) is 0 Å². The van der Waals surface area contributed by atoms with Crippen LogP contribution in [0.1, 0.15) is 38.7 Å². The van der Waals surface area contributed by atoms with Crippen LogP contribution in [0, 0.1) is 6.92 Å². The highest BCUT2D eigenvalue weighted by atomic mass is 16.5. The standard InChI is InChI=1S/C30H37N5O/c1-7-14-35(15-10-11-21(2)3)28-18-29(36-6)26(16-22(28)4)33-30-17-25(31-20-32-30)24-19-34(5)27-13-9-8-12-23(24)27/h8-9,12-13,16-20H,2,7,10-11,14-15H2,1,3-6H3,(H,31,32,33). The van der Waals surface area contributed by atoms with Gasteiger partial charge in [0.25, 0.3) is 0 Å². The van der Waals surface area contributed by atoms with Gasteiger partial charge in [-0.25, -0.2) is 9.97 Å². The van der Waals surface area contributed by atoms with Gasteiger partial charge >= 0.3 is 0 Å². The van der Waals surface area contributed by atoms with Gasteiger partial charge in [0, 0.05) is 60.6 Å². The fourth-order valence-corrected chi connectivity index (χ4v) is 4.74. The lowest BCUT2D eigenvalue weighted by Crippen LogP contribution is -2.26. The van der Waals surface area contributed by atoms with Gasteiger partial charge in [-0.1, -0.05) is 30.7 Å². The summed E-state index contributed by atoms with van der Waals surface area (Å²) in [6.07, 6.45) is 6.95. The van der Waals surface area contributed by atoms with Gasteiger partial charge in [-0.3, -0.25) is 0 Å². The van der Waals surface area contributed by atoms with E-state index in [1.165, 1.54) is 27.7 Å².